The molecule has 0 aromatic heterocycles. The maximum atomic E-state index is 5.98. The van der Waals surface area contributed by atoms with Crippen LogP contribution in [0.5, 0.6) is 0 Å². The third kappa shape index (κ3) is 11.6. The molecule has 4 heteroatoms. The van der Waals surface area contributed by atoms with Gasteiger partial charge in [-0.05, 0) is 27.2 Å². The molecule has 0 amide bonds. The molecule has 0 spiro atoms. The molecule has 0 aromatic rings. The van der Waals surface area contributed by atoms with Gasteiger partial charge in [-0.25, -0.2) is 0 Å². The Bertz CT molecular complexity index is 255. The van der Waals surface area contributed by atoms with Crippen molar-refractivity contribution in [1.29, 1.82) is 0 Å². The predicted molar refractivity (Wildman–Crippen MR) is 108 cm³/mol. The molecule has 146 valence electrons. The monoisotopic (exact) mass is 360 g/mol. The van der Waals surface area contributed by atoms with Crippen LogP contribution in [0.25, 0.3) is 0 Å². The van der Waals surface area contributed by atoms with Gasteiger partial charge >= 0.3 is 0 Å². The van der Waals surface area contributed by atoms with Crippen LogP contribution < -0.4 is 0 Å². The van der Waals surface area contributed by atoms with E-state index in [-0.39, 0.29) is 6.10 Å². The summed E-state index contributed by atoms with van der Waals surface area (Å²) < 4.78 is 17.9. The Labute approximate surface area is 154 Å². The van der Waals surface area contributed by atoms with Crippen molar-refractivity contribution in [3.05, 3.63) is 0 Å². The third-order valence-corrected chi connectivity index (χ3v) is 5.86. The molecule has 0 fully saturated rings. The summed E-state index contributed by atoms with van der Waals surface area (Å²) in [6.07, 6.45) is 14.8. The van der Waals surface area contributed by atoms with Gasteiger partial charge in [-0.2, -0.15) is 0 Å². The van der Waals surface area contributed by atoms with Gasteiger partial charge in [0.2, 0.25) is 0 Å². The number of hydrogen-bond acceptors (Lipinski definition) is 3. The summed E-state index contributed by atoms with van der Waals surface area (Å²) in [5, 5.41) is 0. The van der Waals surface area contributed by atoms with Gasteiger partial charge in [-0.3, -0.25) is 0 Å². The van der Waals surface area contributed by atoms with Crippen molar-refractivity contribution >= 4 is 10.2 Å². The number of hydrogen-bond donors (Lipinski definition) is 0. The van der Waals surface area contributed by atoms with Crippen molar-refractivity contribution < 1.29 is 14.2 Å². The summed E-state index contributed by atoms with van der Waals surface area (Å²) in [6.45, 7) is 10.5. The fraction of sp³-hybridized carbons (Fsp3) is 1.00. The van der Waals surface area contributed by atoms with E-state index < -0.39 is 5.41 Å². The van der Waals surface area contributed by atoms with Gasteiger partial charge in [0.05, 0.1) is 10.2 Å². The van der Waals surface area contributed by atoms with Crippen molar-refractivity contribution in [3.63, 3.8) is 0 Å². The maximum Gasteiger partial charge on any atom is 0.166 e. The maximum absolute atomic E-state index is 5.98. The second-order valence-electron chi connectivity index (χ2n) is 6.80. The summed E-state index contributed by atoms with van der Waals surface area (Å²) in [5.74, 6) is 0. The van der Waals surface area contributed by atoms with Crippen LogP contribution >= 0.6 is 0 Å². The Hall–Kier alpha value is 0.0969. The highest BCUT2D eigenvalue weighted by atomic mass is 28.1. The molecule has 0 saturated carbocycles. The molecule has 24 heavy (non-hydrogen) atoms. The summed E-state index contributed by atoms with van der Waals surface area (Å²) in [7, 11) is 0.837. The van der Waals surface area contributed by atoms with Crippen LogP contribution in [0.3, 0.4) is 0 Å². The first-order valence-electron chi connectivity index (χ1n) is 10.5. The molecular formula is C20H44O3Si. The molecule has 0 aromatic carbocycles. The molecule has 1 unspecified atom stereocenters. The lowest BCUT2D eigenvalue weighted by Gasteiger charge is -2.37. The molecule has 1 atom stereocenters. The molecule has 0 rings (SSSR count). The van der Waals surface area contributed by atoms with E-state index in [4.69, 9.17) is 14.2 Å². The average molecular weight is 361 g/mol. The minimum atomic E-state index is -0.473. The van der Waals surface area contributed by atoms with E-state index in [0.717, 1.165) is 23.3 Å². The zero-order valence-electron chi connectivity index (χ0n) is 17.2. The summed E-state index contributed by atoms with van der Waals surface area (Å²) in [6, 6.07) is 0. The van der Waals surface area contributed by atoms with Crippen molar-refractivity contribution in [2.45, 2.75) is 110 Å². The lowest BCUT2D eigenvalue weighted by atomic mass is 10.0. The Balaban J connectivity index is 3.92. The lowest BCUT2D eigenvalue weighted by molar-refractivity contribution is -0.237. The van der Waals surface area contributed by atoms with Crippen LogP contribution in [0.15, 0.2) is 0 Å². The Kier molecular flexibility index (Phi) is 16.6. The molecule has 0 N–H and O–H groups in total. The van der Waals surface area contributed by atoms with E-state index >= 15 is 0 Å². The van der Waals surface area contributed by atoms with Crippen molar-refractivity contribution in [2.75, 3.05) is 19.8 Å². The first kappa shape index (κ1) is 24.1. The number of unbranched alkanes of at least 4 members (excludes halogenated alkanes) is 9. The van der Waals surface area contributed by atoms with Gasteiger partial charge in [0.15, 0.2) is 5.41 Å². The van der Waals surface area contributed by atoms with Crippen LogP contribution in [0.2, 0.25) is 0 Å². The molecule has 0 aliphatic carbocycles. The van der Waals surface area contributed by atoms with Gasteiger partial charge in [-0.1, -0.05) is 71.1 Å². The Morgan fingerprint density at radius 1 is 0.667 bits per heavy atom. The van der Waals surface area contributed by atoms with E-state index in [0.29, 0.717) is 13.2 Å². The van der Waals surface area contributed by atoms with Crippen LogP contribution in [0.1, 0.15) is 98.3 Å². The lowest BCUT2D eigenvalue weighted by Crippen LogP contribution is -2.49. The highest BCUT2D eigenvalue weighted by Crippen LogP contribution is 2.23. The zero-order valence-corrected chi connectivity index (χ0v) is 19.2. The molecule has 0 aliphatic rings. The van der Waals surface area contributed by atoms with Crippen LogP contribution in [-0.2, 0) is 14.2 Å². The van der Waals surface area contributed by atoms with Gasteiger partial charge in [-0.15, -0.1) is 0 Å². The van der Waals surface area contributed by atoms with E-state index in [9.17, 15) is 0 Å². The van der Waals surface area contributed by atoms with Gasteiger partial charge < -0.3 is 14.2 Å². The minimum Gasteiger partial charge on any atom is -0.373 e. The smallest absolute Gasteiger partial charge is 0.166 e. The predicted octanol–water partition coefficient (Wildman–Crippen LogP) is 4.79. The highest BCUT2D eigenvalue weighted by molar-refractivity contribution is 6.13. The average Bonchev–Trinajstić information content (AvgIpc) is 2.56. The van der Waals surface area contributed by atoms with Crippen LogP contribution in [-0.4, -0.2) is 41.6 Å². The fourth-order valence-electron chi connectivity index (χ4n) is 3.32. The van der Waals surface area contributed by atoms with E-state index in [1.54, 1.807) is 0 Å². The Morgan fingerprint density at radius 2 is 1.12 bits per heavy atom. The van der Waals surface area contributed by atoms with E-state index in [1.807, 2.05) is 13.8 Å². The second kappa shape index (κ2) is 16.6. The minimum absolute atomic E-state index is 0.0862. The largest absolute Gasteiger partial charge is 0.373 e. The highest BCUT2D eigenvalue weighted by Gasteiger charge is 2.35. The topological polar surface area (TPSA) is 27.7 Å². The molecule has 0 radical (unpaired) electrons. The van der Waals surface area contributed by atoms with E-state index in [2.05, 4.69) is 13.8 Å². The first-order chi connectivity index (χ1) is 11.6. The van der Waals surface area contributed by atoms with Gasteiger partial charge in [0, 0.05) is 19.8 Å². The standard InChI is InChI=1S/C20H44O3Si/c1-5-9-10-11-12-13-14-15-16-17-18-19(21-6-2)20(24,22-7-3)23-8-4/h19H,5-18H2,1-4,24H3. The normalized spacial score (nSPS) is 13.5. The van der Waals surface area contributed by atoms with Gasteiger partial charge in [0.1, 0.15) is 6.10 Å². The van der Waals surface area contributed by atoms with Crippen LogP contribution in [0.4, 0.5) is 0 Å². The first-order valence-corrected chi connectivity index (χ1v) is 11.5. The summed E-state index contributed by atoms with van der Waals surface area (Å²) in [4.78, 5) is 0. The molecule has 0 heterocycles. The van der Waals surface area contributed by atoms with E-state index in [1.165, 1.54) is 64.2 Å². The summed E-state index contributed by atoms with van der Waals surface area (Å²) >= 11 is 0. The fourth-order valence-corrected chi connectivity index (χ4v) is 4.35. The SMILES string of the molecule is CCCCCCCCCCCCC(OCC)C([SiH3])(OCC)OCC. The van der Waals surface area contributed by atoms with Crippen molar-refractivity contribution in [2.24, 2.45) is 0 Å². The molecule has 0 saturated heterocycles. The summed E-state index contributed by atoms with van der Waals surface area (Å²) in [5.41, 5.74) is -0.473. The second-order valence-corrected chi connectivity index (χ2v) is 8.19. The molecule has 0 aliphatic heterocycles. The molecule has 3 nitrogen and oxygen atoms in total. The number of rotatable bonds is 18. The Morgan fingerprint density at radius 3 is 1.54 bits per heavy atom. The van der Waals surface area contributed by atoms with Gasteiger partial charge in [0.25, 0.3) is 0 Å². The molecular weight excluding hydrogens is 316 g/mol. The number of ether oxygens (including phenoxy) is 3. The zero-order chi connectivity index (χ0) is 18.1. The molecule has 0 bridgehead atoms. The van der Waals surface area contributed by atoms with Crippen molar-refractivity contribution in [1.82, 2.24) is 0 Å². The third-order valence-electron chi connectivity index (χ3n) is 4.63. The van der Waals surface area contributed by atoms with Crippen molar-refractivity contribution in [3.8, 4) is 0 Å². The quantitative estimate of drug-likeness (QED) is 0.200. The van der Waals surface area contributed by atoms with Crippen LogP contribution in [0, 0.1) is 0 Å².